The molecular weight excluding hydrogens is 251 g/mol. The number of alkyl halides is 1. The zero-order chi connectivity index (χ0) is 9.68. The normalized spacial score (nSPS) is 10.7. The van der Waals surface area contributed by atoms with Gasteiger partial charge in [-0.25, -0.2) is 0 Å². The van der Waals surface area contributed by atoms with Crippen molar-refractivity contribution < 1.29 is 0 Å². The van der Waals surface area contributed by atoms with Gasteiger partial charge in [0.05, 0.1) is 10.7 Å². The van der Waals surface area contributed by atoms with E-state index in [4.69, 9.17) is 11.6 Å². The van der Waals surface area contributed by atoms with E-state index in [-0.39, 0.29) is 0 Å². The lowest BCUT2D eigenvalue weighted by atomic mass is 10.2. The minimum atomic E-state index is 0.764. The maximum atomic E-state index is 5.88. The zero-order valence-corrected chi connectivity index (χ0v) is 10.1. The van der Waals surface area contributed by atoms with Crippen molar-refractivity contribution in [1.82, 2.24) is 9.78 Å². The largest absolute Gasteiger partial charge is 0.271 e. The molecule has 0 aliphatic carbocycles. The van der Waals surface area contributed by atoms with Gasteiger partial charge >= 0.3 is 0 Å². The fraction of sp³-hybridized carbons (Fsp3) is 0.667. The highest BCUT2D eigenvalue weighted by atomic mass is 79.9. The van der Waals surface area contributed by atoms with Gasteiger partial charge in [-0.15, -0.1) is 0 Å². The van der Waals surface area contributed by atoms with Crippen molar-refractivity contribution in [1.29, 1.82) is 0 Å². The van der Waals surface area contributed by atoms with Crippen LogP contribution in [0.5, 0.6) is 0 Å². The van der Waals surface area contributed by atoms with E-state index in [0.717, 1.165) is 22.6 Å². The SMILES string of the molecule is Cc1nn(CCCCCBr)cc1Cl. The zero-order valence-electron chi connectivity index (χ0n) is 7.76. The van der Waals surface area contributed by atoms with E-state index in [1.54, 1.807) is 0 Å². The number of nitrogens with zero attached hydrogens (tertiary/aromatic N) is 2. The number of aryl methyl sites for hydroxylation is 2. The molecule has 1 heterocycles. The van der Waals surface area contributed by atoms with Crippen molar-refractivity contribution in [3.8, 4) is 0 Å². The lowest BCUT2D eigenvalue weighted by Crippen LogP contribution is -1.98. The molecule has 0 radical (unpaired) electrons. The van der Waals surface area contributed by atoms with Crippen molar-refractivity contribution in [2.75, 3.05) is 5.33 Å². The molecule has 0 aromatic carbocycles. The summed E-state index contributed by atoms with van der Waals surface area (Å²) < 4.78 is 1.92. The van der Waals surface area contributed by atoms with E-state index in [0.29, 0.717) is 0 Å². The van der Waals surface area contributed by atoms with Gasteiger partial charge in [-0.3, -0.25) is 4.68 Å². The minimum Gasteiger partial charge on any atom is -0.271 e. The molecule has 0 aliphatic rings. The molecule has 1 aromatic heterocycles. The van der Waals surface area contributed by atoms with Crippen molar-refractivity contribution in [3.63, 3.8) is 0 Å². The highest BCUT2D eigenvalue weighted by Crippen LogP contribution is 2.12. The Hall–Kier alpha value is -0.0200. The monoisotopic (exact) mass is 264 g/mol. The van der Waals surface area contributed by atoms with Crippen molar-refractivity contribution >= 4 is 27.5 Å². The molecule has 0 bridgehead atoms. The maximum absolute atomic E-state index is 5.88. The lowest BCUT2D eigenvalue weighted by Gasteiger charge is -1.99. The van der Waals surface area contributed by atoms with Gasteiger partial charge in [0.25, 0.3) is 0 Å². The van der Waals surface area contributed by atoms with Gasteiger partial charge in [-0.2, -0.15) is 5.10 Å². The quantitative estimate of drug-likeness (QED) is 0.589. The molecule has 0 atom stereocenters. The third-order valence-corrected chi connectivity index (χ3v) is 2.84. The Labute approximate surface area is 92.4 Å². The third-order valence-electron chi connectivity index (χ3n) is 1.91. The van der Waals surface area contributed by atoms with Gasteiger partial charge in [0.15, 0.2) is 0 Å². The Bertz CT molecular complexity index is 241. The molecule has 1 rings (SSSR count). The van der Waals surface area contributed by atoms with E-state index >= 15 is 0 Å². The van der Waals surface area contributed by atoms with Gasteiger partial charge in [0, 0.05) is 18.1 Å². The van der Waals surface area contributed by atoms with E-state index < -0.39 is 0 Å². The molecule has 4 heteroatoms. The first-order chi connectivity index (χ1) is 6.24. The van der Waals surface area contributed by atoms with Crippen LogP contribution in [-0.4, -0.2) is 15.1 Å². The second-order valence-electron chi connectivity index (χ2n) is 3.08. The summed E-state index contributed by atoms with van der Waals surface area (Å²) in [5, 5.41) is 6.13. The van der Waals surface area contributed by atoms with Gasteiger partial charge in [-0.05, 0) is 19.8 Å². The number of aromatic nitrogens is 2. The van der Waals surface area contributed by atoms with Crippen LogP contribution in [0.25, 0.3) is 0 Å². The number of hydrogen-bond donors (Lipinski definition) is 0. The van der Waals surface area contributed by atoms with Gasteiger partial charge in [-0.1, -0.05) is 34.0 Å². The van der Waals surface area contributed by atoms with Crippen LogP contribution in [0.3, 0.4) is 0 Å². The Kier molecular flexibility index (Phi) is 4.81. The van der Waals surface area contributed by atoms with E-state index in [1.165, 1.54) is 19.3 Å². The smallest absolute Gasteiger partial charge is 0.0814 e. The molecule has 2 nitrogen and oxygen atoms in total. The van der Waals surface area contributed by atoms with Crippen LogP contribution in [0.15, 0.2) is 6.20 Å². The molecule has 0 spiro atoms. The lowest BCUT2D eigenvalue weighted by molar-refractivity contribution is 0.552. The van der Waals surface area contributed by atoms with Crippen LogP contribution in [0.1, 0.15) is 25.0 Å². The fourth-order valence-corrected chi connectivity index (χ4v) is 1.70. The molecule has 1 aromatic rings. The van der Waals surface area contributed by atoms with E-state index in [2.05, 4.69) is 21.0 Å². The topological polar surface area (TPSA) is 17.8 Å². The molecule has 0 fully saturated rings. The van der Waals surface area contributed by atoms with Gasteiger partial charge in [0.1, 0.15) is 0 Å². The van der Waals surface area contributed by atoms with E-state index in [1.807, 2.05) is 17.8 Å². The predicted molar refractivity (Wildman–Crippen MR) is 59.6 cm³/mol. The van der Waals surface area contributed by atoms with Crippen LogP contribution in [0, 0.1) is 6.92 Å². The second-order valence-corrected chi connectivity index (χ2v) is 4.28. The average Bonchev–Trinajstić information content (AvgIpc) is 2.41. The predicted octanol–water partition coefficient (Wildman–Crippen LogP) is 3.41. The number of halogens is 2. The molecule has 0 aliphatic heterocycles. The average molecular weight is 266 g/mol. The maximum Gasteiger partial charge on any atom is 0.0814 e. The Morgan fingerprint density at radius 1 is 1.46 bits per heavy atom. The molecule has 0 N–H and O–H groups in total. The number of rotatable bonds is 5. The van der Waals surface area contributed by atoms with Crippen LogP contribution < -0.4 is 0 Å². The summed E-state index contributed by atoms with van der Waals surface area (Å²) in [6.07, 6.45) is 5.53. The second kappa shape index (κ2) is 5.66. The van der Waals surface area contributed by atoms with Crippen molar-refractivity contribution in [2.24, 2.45) is 0 Å². The first-order valence-electron chi connectivity index (χ1n) is 4.49. The molecule has 74 valence electrons. The first kappa shape index (κ1) is 11.1. The minimum absolute atomic E-state index is 0.764. The van der Waals surface area contributed by atoms with Crippen molar-refractivity contribution in [2.45, 2.75) is 32.7 Å². The summed E-state index contributed by atoms with van der Waals surface area (Å²) >= 11 is 9.29. The van der Waals surface area contributed by atoms with Crippen LogP contribution in [0.4, 0.5) is 0 Å². The van der Waals surface area contributed by atoms with Crippen molar-refractivity contribution in [3.05, 3.63) is 16.9 Å². The number of hydrogen-bond acceptors (Lipinski definition) is 1. The molecular formula is C9H14BrClN2. The Balaban J connectivity index is 2.29. The molecule has 0 amide bonds. The number of unbranched alkanes of at least 4 members (excludes halogenated alkanes) is 2. The summed E-state index contributed by atoms with van der Waals surface area (Å²) in [6.45, 7) is 2.90. The summed E-state index contributed by atoms with van der Waals surface area (Å²) in [5.74, 6) is 0. The van der Waals surface area contributed by atoms with Crippen LogP contribution in [-0.2, 0) is 6.54 Å². The first-order valence-corrected chi connectivity index (χ1v) is 5.99. The van der Waals surface area contributed by atoms with Crippen LogP contribution in [0.2, 0.25) is 5.02 Å². The highest BCUT2D eigenvalue weighted by Gasteiger charge is 2.00. The summed E-state index contributed by atoms with van der Waals surface area (Å²) in [5.41, 5.74) is 0.919. The third kappa shape index (κ3) is 3.69. The molecule has 0 saturated carbocycles. The molecule has 0 unspecified atom stereocenters. The van der Waals surface area contributed by atoms with Gasteiger partial charge < -0.3 is 0 Å². The Morgan fingerprint density at radius 3 is 2.77 bits per heavy atom. The fourth-order valence-electron chi connectivity index (χ4n) is 1.15. The van der Waals surface area contributed by atoms with Gasteiger partial charge in [0.2, 0.25) is 0 Å². The highest BCUT2D eigenvalue weighted by molar-refractivity contribution is 9.09. The molecule has 0 saturated heterocycles. The van der Waals surface area contributed by atoms with E-state index in [9.17, 15) is 0 Å². The van der Waals surface area contributed by atoms with Crippen LogP contribution >= 0.6 is 27.5 Å². The summed E-state index contributed by atoms with van der Waals surface area (Å²) in [7, 11) is 0. The summed E-state index contributed by atoms with van der Waals surface area (Å²) in [6, 6.07) is 0. The standard InChI is InChI=1S/C9H14BrClN2/c1-8-9(11)7-13(12-8)6-4-2-3-5-10/h7H,2-6H2,1H3. The summed E-state index contributed by atoms with van der Waals surface area (Å²) in [4.78, 5) is 0. The molecule has 13 heavy (non-hydrogen) atoms. The Morgan fingerprint density at radius 2 is 2.23 bits per heavy atom.